The molecule has 1 atom stereocenters. The topological polar surface area (TPSA) is 12.0 Å². The van der Waals surface area contributed by atoms with E-state index in [0.717, 1.165) is 34.4 Å². The summed E-state index contributed by atoms with van der Waals surface area (Å²) in [5, 5.41) is 3.97. The molecule has 1 unspecified atom stereocenters. The molecule has 0 saturated carbocycles. The van der Waals surface area contributed by atoms with Crippen molar-refractivity contribution < 1.29 is 4.39 Å². The lowest BCUT2D eigenvalue weighted by Gasteiger charge is -2.18. The molecule has 0 aromatic heterocycles. The fourth-order valence-corrected chi connectivity index (χ4v) is 3.00. The second-order valence-electron chi connectivity index (χ2n) is 5.19. The van der Waals surface area contributed by atoms with E-state index in [-0.39, 0.29) is 5.82 Å². The number of hydrogen-bond donors (Lipinski definition) is 1. The Hall–Kier alpha value is -0.900. The van der Waals surface area contributed by atoms with Gasteiger partial charge in [-0.25, -0.2) is 4.39 Å². The van der Waals surface area contributed by atoms with Crippen molar-refractivity contribution in [2.75, 3.05) is 13.6 Å². The molecular formula is C17H18BrClFN. The van der Waals surface area contributed by atoms with Crippen LogP contribution in [0.3, 0.4) is 0 Å². The molecule has 2 aromatic rings. The second-order valence-corrected chi connectivity index (χ2v) is 6.48. The van der Waals surface area contributed by atoms with E-state index in [2.05, 4.69) is 21.2 Å². The Morgan fingerprint density at radius 1 is 1.14 bits per heavy atom. The molecule has 0 bridgehead atoms. The van der Waals surface area contributed by atoms with Gasteiger partial charge in [-0.1, -0.05) is 39.7 Å². The van der Waals surface area contributed by atoms with E-state index in [0.29, 0.717) is 5.92 Å². The van der Waals surface area contributed by atoms with Gasteiger partial charge in [-0.2, -0.15) is 0 Å². The number of hydrogen-bond acceptors (Lipinski definition) is 1. The highest BCUT2D eigenvalue weighted by Gasteiger charge is 2.13. The van der Waals surface area contributed by atoms with Gasteiger partial charge in [0.15, 0.2) is 0 Å². The Morgan fingerprint density at radius 2 is 1.86 bits per heavy atom. The SMILES string of the molecule is CNCC(Cc1ccc(Cl)cc1)Cc1cc(F)ccc1Br. The average molecular weight is 371 g/mol. The maximum atomic E-state index is 13.4. The zero-order chi connectivity index (χ0) is 15.2. The summed E-state index contributed by atoms with van der Waals surface area (Å²) in [7, 11) is 1.94. The summed E-state index contributed by atoms with van der Waals surface area (Å²) >= 11 is 9.42. The van der Waals surface area contributed by atoms with E-state index >= 15 is 0 Å². The highest BCUT2D eigenvalue weighted by atomic mass is 79.9. The third-order valence-corrected chi connectivity index (χ3v) is 4.47. The maximum absolute atomic E-state index is 13.4. The third kappa shape index (κ3) is 5.10. The van der Waals surface area contributed by atoms with E-state index < -0.39 is 0 Å². The van der Waals surface area contributed by atoms with E-state index in [9.17, 15) is 4.39 Å². The van der Waals surface area contributed by atoms with Crippen LogP contribution in [0.4, 0.5) is 4.39 Å². The fraction of sp³-hybridized carbons (Fsp3) is 0.294. The Bertz CT molecular complexity index is 586. The van der Waals surface area contributed by atoms with Crippen LogP contribution >= 0.6 is 27.5 Å². The first kappa shape index (κ1) is 16.5. The Labute approximate surface area is 138 Å². The average Bonchev–Trinajstić information content (AvgIpc) is 2.45. The van der Waals surface area contributed by atoms with Crippen LogP contribution < -0.4 is 5.32 Å². The molecule has 0 aliphatic heterocycles. The van der Waals surface area contributed by atoms with Gasteiger partial charge in [0.25, 0.3) is 0 Å². The summed E-state index contributed by atoms with van der Waals surface area (Å²) in [6, 6.07) is 12.8. The predicted octanol–water partition coefficient (Wildman–Crippen LogP) is 4.86. The predicted molar refractivity (Wildman–Crippen MR) is 90.4 cm³/mol. The van der Waals surface area contributed by atoms with Crippen molar-refractivity contribution in [2.45, 2.75) is 12.8 Å². The van der Waals surface area contributed by atoms with Crippen molar-refractivity contribution in [2.24, 2.45) is 5.92 Å². The summed E-state index contributed by atoms with van der Waals surface area (Å²) in [5.74, 6) is 0.206. The molecule has 1 nitrogen and oxygen atoms in total. The zero-order valence-electron chi connectivity index (χ0n) is 11.9. The molecule has 0 aliphatic carbocycles. The highest BCUT2D eigenvalue weighted by molar-refractivity contribution is 9.10. The molecule has 2 rings (SSSR count). The molecule has 0 radical (unpaired) electrons. The number of rotatable bonds is 6. The van der Waals surface area contributed by atoms with Gasteiger partial charge in [0.1, 0.15) is 5.82 Å². The quantitative estimate of drug-likeness (QED) is 0.765. The maximum Gasteiger partial charge on any atom is 0.123 e. The molecule has 1 N–H and O–H groups in total. The van der Waals surface area contributed by atoms with Gasteiger partial charge in [-0.15, -0.1) is 0 Å². The Balaban J connectivity index is 2.11. The third-order valence-electron chi connectivity index (χ3n) is 3.45. The largest absolute Gasteiger partial charge is 0.319 e. The molecular weight excluding hydrogens is 353 g/mol. The molecule has 2 aromatic carbocycles. The number of nitrogens with one attached hydrogen (secondary N) is 1. The van der Waals surface area contributed by atoms with Gasteiger partial charge in [0.2, 0.25) is 0 Å². The van der Waals surface area contributed by atoms with Crippen LogP contribution in [0.25, 0.3) is 0 Å². The van der Waals surface area contributed by atoms with Gasteiger partial charge in [-0.3, -0.25) is 0 Å². The van der Waals surface area contributed by atoms with Crippen LogP contribution in [0.15, 0.2) is 46.9 Å². The lowest BCUT2D eigenvalue weighted by atomic mass is 9.92. The van der Waals surface area contributed by atoms with Crippen molar-refractivity contribution in [3.8, 4) is 0 Å². The summed E-state index contributed by atoms with van der Waals surface area (Å²) in [6.07, 6.45) is 1.75. The lowest BCUT2D eigenvalue weighted by Crippen LogP contribution is -2.23. The van der Waals surface area contributed by atoms with Crippen LogP contribution in [0.1, 0.15) is 11.1 Å². The minimum absolute atomic E-state index is 0.192. The standard InChI is InChI=1S/C17H18BrClFN/c1-21-11-13(8-12-2-4-15(19)5-3-12)9-14-10-16(20)6-7-17(14)18/h2-7,10,13,21H,8-9,11H2,1H3. The van der Waals surface area contributed by atoms with Gasteiger partial charge in [0, 0.05) is 9.50 Å². The van der Waals surface area contributed by atoms with Crippen molar-refractivity contribution in [3.05, 3.63) is 68.9 Å². The van der Waals surface area contributed by atoms with E-state index in [4.69, 9.17) is 11.6 Å². The molecule has 0 spiro atoms. The first-order valence-electron chi connectivity index (χ1n) is 6.91. The molecule has 0 saturated heterocycles. The Morgan fingerprint density at radius 3 is 2.52 bits per heavy atom. The first-order chi connectivity index (χ1) is 10.1. The number of halogens is 3. The van der Waals surface area contributed by atoms with Gasteiger partial charge in [-0.05, 0) is 73.8 Å². The van der Waals surface area contributed by atoms with Crippen LogP contribution in [0.5, 0.6) is 0 Å². The van der Waals surface area contributed by atoms with Crippen molar-refractivity contribution in [1.29, 1.82) is 0 Å². The summed E-state index contributed by atoms with van der Waals surface area (Å²) in [5.41, 5.74) is 2.25. The second kappa shape index (κ2) is 7.92. The summed E-state index contributed by atoms with van der Waals surface area (Å²) in [6.45, 7) is 0.881. The molecule has 0 heterocycles. The normalized spacial score (nSPS) is 12.4. The molecule has 4 heteroatoms. The Kier molecular flexibility index (Phi) is 6.22. The van der Waals surface area contributed by atoms with E-state index in [1.807, 2.05) is 31.3 Å². The zero-order valence-corrected chi connectivity index (χ0v) is 14.2. The van der Waals surface area contributed by atoms with Gasteiger partial charge in [0.05, 0.1) is 0 Å². The molecule has 0 aliphatic rings. The summed E-state index contributed by atoms with van der Waals surface area (Å²) in [4.78, 5) is 0. The van der Waals surface area contributed by atoms with Crippen molar-refractivity contribution >= 4 is 27.5 Å². The van der Waals surface area contributed by atoms with E-state index in [1.54, 1.807) is 12.1 Å². The van der Waals surface area contributed by atoms with Crippen LogP contribution in [-0.2, 0) is 12.8 Å². The van der Waals surface area contributed by atoms with Gasteiger partial charge < -0.3 is 5.32 Å². The molecule has 0 fully saturated rings. The van der Waals surface area contributed by atoms with Crippen LogP contribution in [0.2, 0.25) is 5.02 Å². The fourth-order valence-electron chi connectivity index (χ4n) is 2.47. The van der Waals surface area contributed by atoms with Crippen LogP contribution in [-0.4, -0.2) is 13.6 Å². The van der Waals surface area contributed by atoms with E-state index in [1.165, 1.54) is 11.6 Å². The minimum atomic E-state index is -0.192. The summed E-state index contributed by atoms with van der Waals surface area (Å²) < 4.78 is 14.4. The molecule has 112 valence electrons. The smallest absolute Gasteiger partial charge is 0.123 e. The monoisotopic (exact) mass is 369 g/mol. The van der Waals surface area contributed by atoms with Crippen LogP contribution in [0, 0.1) is 11.7 Å². The van der Waals surface area contributed by atoms with Gasteiger partial charge >= 0.3 is 0 Å². The highest BCUT2D eigenvalue weighted by Crippen LogP contribution is 2.23. The minimum Gasteiger partial charge on any atom is -0.319 e. The first-order valence-corrected chi connectivity index (χ1v) is 8.08. The van der Waals surface area contributed by atoms with Crippen molar-refractivity contribution in [1.82, 2.24) is 5.32 Å². The van der Waals surface area contributed by atoms with Crippen molar-refractivity contribution in [3.63, 3.8) is 0 Å². The molecule has 21 heavy (non-hydrogen) atoms. The lowest BCUT2D eigenvalue weighted by molar-refractivity contribution is 0.491. The number of benzene rings is 2. The molecule has 0 amide bonds.